The average Bonchev–Trinajstić information content (AvgIpc) is 2.71. The number of halogens is 1. The molecule has 94 valence electrons. The summed E-state index contributed by atoms with van der Waals surface area (Å²) in [6.07, 6.45) is 0. The molecule has 0 bridgehead atoms. The van der Waals surface area contributed by atoms with Crippen molar-refractivity contribution < 1.29 is 9.90 Å². The van der Waals surface area contributed by atoms with E-state index in [1.807, 2.05) is 24.0 Å². The third-order valence-electron chi connectivity index (χ3n) is 3.35. The molecule has 18 heavy (non-hydrogen) atoms. The van der Waals surface area contributed by atoms with Crippen molar-refractivity contribution in [2.75, 3.05) is 18.0 Å². The molecular weight excluding hydrogens is 296 g/mol. The summed E-state index contributed by atoms with van der Waals surface area (Å²) in [4.78, 5) is 13.1. The molecule has 1 saturated heterocycles. The first kappa shape index (κ1) is 12.9. The number of carboxylic acid groups (broad SMARTS) is 1. The lowest BCUT2D eigenvalue weighted by molar-refractivity contribution is -0.142. The second kappa shape index (κ2) is 4.99. The van der Waals surface area contributed by atoms with Crippen molar-refractivity contribution >= 4 is 27.6 Å². The zero-order chi connectivity index (χ0) is 13.3. The fourth-order valence-electron chi connectivity index (χ4n) is 2.36. The summed E-state index contributed by atoms with van der Waals surface area (Å²) >= 11 is 3.33. The number of rotatable bonds is 2. The van der Waals surface area contributed by atoms with E-state index in [-0.39, 0.29) is 11.8 Å². The molecule has 1 fully saturated rings. The first-order chi connectivity index (χ1) is 8.52. The number of nitriles is 1. The highest BCUT2D eigenvalue weighted by atomic mass is 79.9. The van der Waals surface area contributed by atoms with E-state index in [2.05, 4.69) is 22.0 Å². The number of hydrogen-bond donors (Lipinski definition) is 1. The third kappa shape index (κ3) is 2.34. The molecule has 4 nitrogen and oxygen atoms in total. The fraction of sp³-hybridized carbons (Fsp3) is 0.385. The zero-order valence-electron chi connectivity index (χ0n) is 9.93. The Kier molecular flexibility index (Phi) is 3.58. The van der Waals surface area contributed by atoms with Gasteiger partial charge in [0.05, 0.1) is 17.2 Å². The molecule has 1 N–H and O–H groups in total. The van der Waals surface area contributed by atoms with Crippen LogP contribution in [0.5, 0.6) is 0 Å². The van der Waals surface area contributed by atoms with Crippen molar-refractivity contribution in [2.45, 2.75) is 6.92 Å². The SMILES string of the molecule is C[C@@H]1CN(c2ccc(Br)cc2C#N)C[C@H]1C(=O)O. The van der Waals surface area contributed by atoms with Gasteiger partial charge in [0.2, 0.25) is 0 Å². The van der Waals surface area contributed by atoms with Gasteiger partial charge in [-0.25, -0.2) is 0 Å². The molecule has 2 rings (SSSR count). The van der Waals surface area contributed by atoms with Gasteiger partial charge < -0.3 is 10.0 Å². The zero-order valence-corrected chi connectivity index (χ0v) is 11.5. The van der Waals surface area contributed by atoms with Crippen LogP contribution in [0.1, 0.15) is 12.5 Å². The smallest absolute Gasteiger partial charge is 0.308 e. The van der Waals surface area contributed by atoms with E-state index in [0.29, 0.717) is 18.7 Å². The largest absolute Gasteiger partial charge is 0.481 e. The molecule has 0 amide bonds. The number of nitrogens with zero attached hydrogens (tertiary/aromatic N) is 2. The highest BCUT2D eigenvalue weighted by molar-refractivity contribution is 9.10. The summed E-state index contributed by atoms with van der Waals surface area (Å²) in [7, 11) is 0. The van der Waals surface area contributed by atoms with Crippen molar-refractivity contribution in [1.82, 2.24) is 0 Å². The Morgan fingerprint density at radius 3 is 2.83 bits per heavy atom. The van der Waals surface area contributed by atoms with Crippen molar-refractivity contribution in [3.8, 4) is 6.07 Å². The molecule has 5 heteroatoms. The van der Waals surface area contributed by atoms with E-state index < -0.39 is 5.97 Å². The second-order valence-electron chi connectivity index (χ2n) is 4.60. The number of aliphatic carboxylic acids is 1. The predicted octanol–water partition coefficient (Wildman–Crippen LogP) is 2.48. The van der Waals surface area contributed by atoms with Gasteiger partial charge in [-0.1, -0.05) is 22.9 Å². The van der Waals surface area contributed by atoms with Crippen LogP contribution in [0, 0.1) is 23.2 Å². The van der Waals surface area contributed by atoms with Gasteiger partial charge >= 0.3 is 5.97 Å². The molecule has 1 aliphatic rings. The summed E-state index contributed by atoms with van der Waals surface area (Å²) in [5.41, 5.74) is 1.39. The Labute approximate surface area is 114 Å². The van der Waals surface area contributed by atoms with Crippen LogP contribution >= 0.6 is 15.9 Å². The summed E-state index contributed by atoms with van der Waals surface area (Å²) in [6, 6.07) is 7.64. The molecule has 1 aromatic carbocycles. The molecule has 1 heterocycles. The van der Waals surface area contributed by atoms with Crippen molar-refractivity contribution in [1.29, 1.82) is 5.26 Å². The van der Waals surface area contributed by atoms with Crippen LogP contribution in [0.25, 0.3) is 0 Å². The van der Waals surface area contributed by atoms with E-state index in [0.717, 1.165) is 10.2 Å². The van der Waals surface area contributed by atoms with Crippen LogP contribution in [0.2, 0.25) is 0 Å². The summed E-state index contributed by atoms with van der Waals surface area (Å²) in [5.74, 6) is -1.03. The molecule has 0 saturated carbocycles. The Bertz CT molecular complexity index is 524. The molecule has 2 atom stereocenters. The molecule has 1 aromatic rings. The summed E-state index contributed by atoms with van der Waals surface area (Å²) < 4.78 is 0.852. The maximum atomic E-state index is 11.1. The molecule has 0 radical (unpaired) electrons. The number of benzene rings is 1. The van der Waals surface area contributed by atoms with Crippen molar-refractivity contribution in [2.24, 2.45) is 11.8 Å². The normalized spacial score (nSPS) is 22.8. The van der Waals surface area contributed by atoms with Crippen LogP contribution in [0.4, 0.5) is 5.69 Å². The van der Waals surface area contributed by atoms with E-state index in [1.165, 1.54) is 0 Å². The van der Waals surface area contributed by atoms with E-state index in [4.69, 9.17) is 10.4 Å². The molecule has 0 aliphatic carbocycles. The van der Waals surface area contributed by atoms with Crippen LogP contribution in [-0.4, -0.2) is 24.2 Å². The van der Waals surface area contributed by atoms with Gasteiger partial charge in [-0.3, -0.25) is 4.79 Å². The Balaban J connectivity index is 2.29. The number of carboxylic acids is 1. The monoisotopic (exact) mass is 308 g/mol. The van der Waals surface area contributed by atoms with Crippen LogP contribution in [-0.2, 0) is 4.79 Å². The lowest BCUT2D eigenvalue weighted by Crippen LogP contribution is -2.23. The number of hydrogen-bond acceptors (Lipinski definition) is 3. The fourth-order valence-corrected chi connectivity index (χ4v) is 2.72. The molecular formula is C13H13BrN2O2. The van der Waals surface area contributed by atoms with Gasteiger partial charge in [-0.15, -0.1) is 0 Å². The highest BCUT2D eigenvalue weighted by Crippen LogP contribution is 2.31. The molecule has 0 unspecified atom stereocenters. The number of anilines is 1. The molecule has 0 aromatic heterocycles. The maximum absolute atomic E-state index is 11.1. The highest BCUT2D eigenvalue weighted by Gasteiger charge is 2.35. The first-order valence-corrected chi connectivity index (χ1v) is 6.49. The van der Waals surface area contributed by atoms with E-state index >= 15 is 0 Å². The van der Waals surface area contributed by atoms with Crippen molar-refractivity contribution in [3.05, 3.63) is 28.2 Å². The standard InChI is InChI=1S/C13H13BrN2O2/c1-8-6-16(7-11(8)13(17)18)12-3-2-10(14)4-9(12)5-15/h2-4,8,11H,6-7H2,1H3,(H,17,18)/t8-,11-/m1/s1. The molecule has 0 spiro atoms. The van der Waals surface area contributed by atoms with Crippen LogP contribution < -0.4 is 4.90 Å². The summed E-state index contributed by atoms with van der Waals surface area (Å²) in [5, 5.41) is 18.3. The lowest BCUT2D eigenvalue weighted by Gasteiger charge is -2.19. The van der Waals surface area contributed by atoms with Crippen LogP contribution in [0.3, 0.4) is 0 Å². The first-order valence-electron chi connectivity index (χ1n) is 5.70. The van der Waals surface area contributed by atoms with E-state index in [1.54, 1.807) is 6.07 Å². The number of carbonyl (C=O) groups is 1. The van der Waals surface area contributed by atoms with E-state index in [9.17, 15) is 4.79 Å². The Morgan fingerprint density at radius 1 is 1.56 bits per heavy atom. The minimum Gasteiger partial charge on any atom is -0.481 e. The van der Waals surface area contributed by atoms with Crippen LogP contribution in [0.15, 0.2) is 22.7 Å². The summed E-state index contributed by atoms with van der Waals surface area (Å²) in [6.45, 7) is 3.07. The second-order valence-corrected chi connectivity index (χ2v) is 5.52. The van der Waals surface area contributed by atoms with Gasteiger partial charge in [-0.2, -0.15) is 5.26 Å². The molecule has 1 aliphatic heterocycles. The van der Waals surface area contributed by atoms with Gasteiger partial charge in [0.1, 0.15) is 6.07 Å². The maximum Gasteiger partial charge on any atom is 0.308 e. The topological polar surface area (TPSA) is 64.3 Å². The predicted molar refractivity (Wildman–Crippen MR) is 71.4 cm³/mol. The minimum absolute atomic E-state index is 0.0951. The quantitative estimate of drug-likeness (QED) is 0.911. The minimum atomic E-state index is -0.763. The van der Waals surface area contributed by atoms with Crippen molar-refractivity contribution in [3.63, 3.8) is 0 Å². The Morgan fingerprint density at radius 2 is 2.28 bits per heavy atom. The van der Waals surface area contributed by atoms with Gasteiger partial charge in [0.25, 0.3) is 0 Å². The van der Waals surface area contributed by atoms with Gasteiger partial charge in [-0.05, 0) is 24.1 Å². The van der Waals surface area contributed by atoms with Gasteiger partial charge in [0, 0.05) is 17.6 Å². The lowest BCUT2D eigenvalue weighted by atomic mass is 9.99. The third-order valence-corrected chi connectivity index (χ3v) is 3.84. The van der Waals surface area contributed by atoms with Gasteiger partial charge in [0.15, 0.2) is 0 Å². The average molecular weight is 309 g/mol. The Hall–Kier alpha value is -1.54.